The third kappa shape index (κ3) is 26.9. The molecular formula is C9H30O41Si42. The first kappa shape index (κ1) is 93.2. The number of hydrogen-bond donors (Lipinski definition) is 0. The highest BCUT2D eigenvalue weighted by Gasteiger charge is 2.59. The molecule has 0 aliphatic heterocycles. The lowest BCUT2D eigenvalue weighted by atomic mass is 11.8. The van der Waals surface area contributed by atoms with Gasteiger partial charge in [-0.05, 0) is 58.9 Å². The normalized spacial score (nSPS) is 11.2. The van der Waals surface area contributed by atoms with Crippen molar-refractivity contribution >= 4 is 330 Å². The molecule has 0 aliphatic carbocycles. The second kappa shape index (κ2) is 40.2. The van der Waals surface area contributed by atoms with E-state index >= 15 is 0 Å². The topological polar surface area (TPSA) is 669 Å². The highest BCUT2D eigenvalue weighted by atomic mass is 30.1. The molecule has 0 radical (unpaired) electrons. The molecule has 0 rings (SSSR count). The fraction of sp³-hybridized carbons (Fsp3) is 1.00. The highest BCUT2D eigenvalue weighted by molar-refractivity contribution is 7.85. The Hall–Kier alpha value is 1.23. The molecule has 0 aromatic rings. The summed E-state index contributed by atoms with van der Waals surface area (Å²) in [6.07, 6.45) is 0. The van der Waals surface area contributed by atoms with Crippen LogP contribution in [-0.2, 0) is 182 Å². The van der Waals surface area contributed by atoms with E-state index in [1.165, 1.54) is 13.1 Å². The molecule has 83 heteroatoms. The summed E-state index contributed by atoms with van der Waals surface area (Å²) < 4.78 is 494. The Kier molecular flexibility index (Phi) is 40.7. The molecule has 1 atom stereocenters. The van der Waals surface area contributed by atoms with Crippen molar-refractivity contribution in [2.45, 2.75) is 58.9 Å². The summed E-state index contributed by atoms with van der Waals surface area (Å²) in [5.74, 6) is 0. The van der Waals surface area contributed by atoms with Gasteiger partial charge >= 0.3 is 296 Å². The third-order valence-corrected chi connectivity index (χ3v) is 310. The maximum Gasteiger partial charge on any atom is 0.533 e. The van der Waals surface area contributed by atoms with Crippen molar-refractivity contribution < 1.29 is 182 Å². The fourth-order valence-corrected chi connectivity index (χ4v) is 446. The average molecular weight is 1970 g/mol. The van der Waals surface area contributed by atoms with E-state index in [9.17, 15) is 165 Å². The largest absolute Gasteiger partial charge is 0.577 e. The molecule has 1 unspecified atom stereocenters. The van der Waals surface area contributed by atoms with Crippen LogP contribution in [0, 0.1) is 0 Å². The molecule has 0 aromatic carbocycles. The number of hydrogen-bond acceptors (Lipinski definition) is 41. The van der Waals surface area contributed by atoms with Gasteiger partial charge in [-0.1, -0.05) is 0 Å². The van der Waals surface area contributed by atoms with Crippen LogP contribution in [0.2, 0.25) is 58.9 Å². The summed E-state index contributed by atoms with van der Waals surface area (Å²) in [6.45, 7) is 13.7. The molecule has 480 valence electrons. The van der Waals surface area contributed by atoms with E-state index in [4.69, 9.17) is 16.5 Å². The molecule has 0 amide bonds. The molecule has 41 nitrogen and oxygen atoms in total. The molecule has 0 N–H and O–H groups in total. The predicted octanol–water partition coefficient (Wildman–Crippen LogP) is -16.2. The minimum absolute atomic E-state index is 0.765. The van der Waals surface area contributed by atoms with E-state index in [1.807, 2.05) is 0 Å². The van der Waals surface area contributed by atoms with Crippen LogP contribution < -0.4 is 0 Å². The monoisotopic (exact) mass is 1970 g/mol. The first-order chi connectivity index (χ1) is 41.5. The van der Waals surface area contributed by atoms with Crippen molar-refractivity contribution in [3.8, 4) is 0 Å². The van der Waals surface area contributed by atoms with Gasteiger partial charge in [0, 0.05) is 0 Å². The van der Waals surface area contributed by atoms with Gasteiger partial charge in [0.15, 0.2) is 16.6 Å². The zero-order valence-corrected chi connectivity index (χ0v) is 89.6. The Morgan fingerprint density at radius 2 is 0.424 bits per heavy atom. The molecule has 0 aliphatic rings. The van der Waals surface area contributed by atoms with Crippen molar-refractivity contribution in [1.82, 2.24) is 0 Å². The molecule has 0 heterocycles. The van der Waals surface area contributed by atoms with Crippen LogP contribution in [0.5, 0.6) is 0 Å². The second-order valence-electron chi connectivity index (χ2n) is 19.1. The molecule has 0 bridgehead atoms. The Morgan fingerprint density at radius 1 is 0.239 bits per heavy atom. The second-order valence-corrected chi connectivity index (χ2v) is 216. The molecule has 92 heavy (non-hydrogen) atoms. The molecular weight excluding hydrogens is 1940 g/mol. The summed E-state index contributed by atoms with van der Waals surface area (Å²) in [7, 11) is -179. The van der Waals surface area contributed by atoms with Gasteiger partial charge in [-0.25, -0.2) is 0 Å². The van der Waals surface area contributed by atoms with Crippen LogP contribution in [0.15, 0.2) is 0 Å². The van der Waals surface area contributed by atoms with E-state index in [2.05, 4.69) is 0 Å². The predicted molar refractivity (Wildman–Crippen MR) is 328 cm³/mol. The molecule has 0 aromatic heterocycles. The molecule has 0 saturated heterocycles. The van der Waals surface area contributed by atoms with E-state index in [-0.39, 0.29) is 0 Å². The Morgan fingerprint density at radius 3 is 0.630 bits per heavy atom. The lowest BCUT2D eigenvalue weighted by molar-refractivity contribution is 0.377. The summed E-state index contributed by atoms with van der Waals surface area (Å²) in [6, 6.07) is 0. The smallest absolute Gasteiger partial charge is 0.533 e. The van der Waals surface area contributed by atoms with Crippen LogP contribution in [-0.4, -0.2) is 330 Å². The fourth-order valence-electron chi connectivity index (χ4n) is 5.24. The zero-order valence-electron chi connectivity index (χ0n) is 47.0. The van der Waals surface area contributed by atoms with E-state index in [0.717, 1.165) is 6.55 Å². The minimum atomic E-state index is -4.80. The van der Waals surface area contributed by atoms with Crippen LogP contribution >= 0.6 is 0 Å². The Bertz CT molecular complexity index is 3900. The van der Waals surface area contributed by atoms with Crippen molar-refractivity contribution in [3.63, 3.8) is 0 Å². The Balaban J connectivity index is 5.88. The van der Waals surface area contributed by atoms with Gasteiger partial charge in [0.25, 0.3) is 8.56 Å². The van der Waals surface area contributed by atoms with Gasteiger partial charge in [0.2, 0.25) is 9.28 Å². The highest BCUT2D eigenvalue weighted by Crippen LogP contribution is 2.15. The molecule has 0 spiro atoms. The first-order valence-corrected chi connectivity index (χ1v) is 126. The maximum atomic E-state index is 13.0. The van der Waals surface area contributed by atoms with Crippen molar-refractivity contribution in [3.05, 3.63) is 0 Å². The first-order valence-electron chi connectivity index (χ1n) is 23.3. The van der Waals surface area contributed by atoms with Crippen molar-refractivity contribution in [1.29, 1.82) is 0 Å². The molecule has 0 fully saturated rings. The van der Waals surface area contributed by atoms with Gasteiger partial charge in [-0.2, -0.15) is 0 Å². The minimum Gasteiger partial charge on any atom is -0.577 e. The summed E-state index contributed by atoms with van der Waals surface area (Å²) in [4.78, 5) is 0. The van der Waals surface area contributed by atoms with E-state index in [0.29, 0.717) is 0 Å². The molecule has 0 saturated carbocycles. The zero-order chi connectivity index (χ0) is 73.0. The summed E-state index contributed by atoms with van der Waals surface area (Å²) in [5.41, 5.74) is 0. The lowest BCUT2D eigenvalue weighted by Crippen LogP contribution is -2.57. The average Bonchev–Trinajstić information content (AvgIpc) is 0.858. The van der Waals surface area contributed by atoms with Crippen molar-refractivity contribution in [2.75, 3.05) is 0 Å². The van der Waals surface area contributed by atoms with E-state index < -0.39 is 330 Å². The lowest BCUT2D eigenvalue weighted by Gasteiger charge is -2.30. The number of rotatable bonds is 45. The standard InChI is InChI=1S/C9H30O41Si42/c1-52(56(13)60(17)64(21)68(25)70(27)66(23)62(19)58(15)54(11)49-92(8,9)50-91(5,6)7)48-53(10)57(14)61(18)65(22)69(26)72(29)74(31)76(33)78(35)80(37)82(39)84(41)86(43)88(45)89(46)87(44)85(42)83(40)81(38)79(36)77(34)75(32)73(30)71(28)67(24)63(20)59(16)55(12)51-47-90(2,3)4/h52H,51H2,1-9H3. The van der Waals surface area contributed by atoms with Gasteiger partial charge in [0.05, 0.1) is 0 Å². The SMILES string of the molecule is C[SiH](O[Si](=O)[Si](=O)[Si](=O)[Si](=O)[Si](=O)[Si](=O)[Si](=O)[Si](=O)[Si](=O)[Si](=O)[Si](=O)[Si](=O)[Si](=O)[Si](=O)[Si](=O)[Si](=O)[Si](=O)[Si](=O)[Si](=O)[Si](=O)[Si](=O)[Si](=O)[Si](=O)[Si](=O)[Si](=O)[Si](=O)[Si](=O)[Si](=O)[SiH2]O[Si](C)(C)C)[Si](=O)[Si](=O)[Si](=O)[Si](=O)[Si](=O)[Si](=O)[Si](=O)[Si](=O)[Si](=O)O[Si](C)(C)O[Si](C)(C)C. The quantitative estimate of drug-likeness (QED) is 0.0511. The van der Waals surface area contributed by atoms with Crippen LogP contribution in [0.25, 0.3) is 0 Å². The van der Waals surface area contributed by atoms with E-state index in [1.54, 1.807) is 39.3 Å². The third-order valence-electron chi connectivity index (χ3n) is 9.42. The Labute approximate surface area is 564 Å². The van der Waals surface area contributed by atoms with Gasteiger partial charge < -0.3 is 182 Å². The maximum absolute atomic E-state index is 13.0. The summed E-state index contributed by atoms with van der Waals surface area (Å²) in [5, 5.41) is 0. The van der Waals surface area contributed by atoms with Crippen LogP contribution in [0.4, 0.5) is 0 Å². The van der Waals surface area contributed by atoms with Crippen LogP contribution in [0.1, 0.15) is 0 Å². The van der Waals surface area contributed by atoms with Gasteiger partial charge in [0.1, 0.15) is 0 Å². The van der Waals surface area contributed by atoms with Crippen molar-refractivity contribution in [2.24, 2.45) is 0 Å². The summed E-state index contributed by atoms with van der Waals surface area (Å²) >= 11 is 0. The van der Waals surface area contributed by atoms with Gasteiger partial charge in [-0.3, -0.25) is 0 Å². The van der Waals surface area contributed by atoms with Gasteiger partial charge in [-0.15, -0.1) is 0 Å². The van der Waals surface area contributed by atoms with Crippen LogP contribution in [0.3, 0.4) is 0 Å².